The van der Waals surface area contributed by atoms with E-state index in [4.69, 9.17) is 17.3 Å². The van der Waals surface area contributed by atoms with E-state index in [1.165, 1.54) is 5.56 Å². The lowest BCUT2D eigenvalue weighted by molar-refractivity contribution is 0.718. The van der Waals surface area contributed by atoms with Crippen LogP contribution in [0.2, 0.25) is 5.02 Å². The molecule has 18 heavy (non-hydrogen) atoms. The van der Waals surface area contributed by atoms with Gasteiger partial charge in [-0.05, 0) is 41.8 Å². The van der Waals surface area contributed by atoms with Crippen LogP contribution in [0.5, 0.6) is 0 Å². The van der Waals surface area contributed by atoms with Crippen LogP contribution in [-0.2, 0) is 6.42 Å². The Morgan fingerprint density at radius 1 is 1.06 bits per heavy atom. The van der Waals surface area contributed by atoms with Gasteiger partial charge in [0.05, 0.1) is 0 Å². The van der Waals surface area contributed by atoms with Crippen LogP contribution in [0.1, 0.15) is 17.2 Å². The van der Waals surface area contributed by atoms with Crippen LogP contribution in [0.3, 0.4) is 0 Å². The highest BCUT2D eigenvalue weighted by atomic mass is 79.9. The van der Waals surface area contributed by atoms with Crippen LogP contribution >= 0.6 is 43.5 Å². The second kappa shape index (κ2) is 6.20. The number of benzene rings is 2. The van der Waals surface area contributed by atoms with Gasteiger partial charge in [0, 0.05) is 20.0 Å². The summed E-state index contributed by atoms with van der Waals surface area (Å²) >= 11 is 12.8. The third kappa shape index (κ3) is 3.58. The van der Waals surface area contributed by atoms with E-state index in [9.17, 15) is 0 Å². The Bertz CT molecular complexity index is 540. The molecule has 2 N–H and O–H groups in total. The van der Waals surface area contributed by atoms with Crippen molar-refractivity contribution in [2.75, 3.05) is 0 Å². The fraction of sp³-hybridized carbons (Fsp3) is 0.143. The minimum atomic E-state index is -0.0337. The third-order valence-corrected chi connectivity index (χ3v) is 4.16. The van der Waals surface area contributed by atoms with Gasteiger partial charge in [-0.15, -0.1) is 0 Å². The van der Waals surface area contributed by atoms with E-state index in [-0.39, 0.29) is 6.04 Å². The van der Waals surface area contributed by atoms with Gasteiger partial charge >= 0.3 is 0 Å². The van der Waals surface area contributed by atoms with Crippen molar-refractivity contribution in [3.05, 3.63) is 67.6 Å². The van der Waals surface area contributed by atoms with E-state index in [1.54, 1.807) is 0 Å². The summed E-state index contributed by atoms with van der Waals surface area (Å²) in [6.45, 7) is 0. The molecule has 0 heterocycles. The van der Waals surface area contributed by atoms with Crippen molar-refractivity contribution in [1.82, 2.24) is 0 Å². The Kier molecular flexibility index (Phi) is 4.84. The summed E-state index contributed by atoms with van der Waals surface area (Å²) in [5, 5.41) is 0.747. The highest BCUT2D eigenvalue weighted by molar-refractivity contribution is 9.11. The third-order valence-electron chi connectivity index (χ3n) is 2.73. The molecule has 1 unspecified atom stereocenters. The SMILES string of the molecule is NC(Cc1ccc(Cl)cc1)c1ccc(Br)cc1Br. The molecule has 0 fully saturated rings. The second-order valence-corrected chi connectivity index (χ2v) is 6.31. The zero-order valence-corrected chi connectivity index (χ0v) is 13.5. The summed E-state index contributed by atoms with van der Waals surface area (Å²) in [5.41, 5.74) is 8.52. The van der Waals surface area contributed by atoms with Gasteiger partial charge in [-0.3, -0.25) is 0 Å². The van der Waals surface area contributed by atoms with E-state index < -0.39 is 0 Å². The summed E-state index contributed by atoms with van der Waals surface area (Å²) in [7, 11) is 0. The first-order valence-corrected chi connectivity index (χ1v) is 7.47. The highest BCUT2D eigenvalue weighted by Gasteiger charge is 2.11. The smallest absolute Gasteiger partial charge is 0.0406 e. The van der Waals surface area contributed by atoms with E-state index in [2.05, 4.69) is 31.9 Å². The highest BCUT2D eigenvalue weighted by Crippen LogP contribution is 2.27. The van der Waals surface area contributed by atoms with Gasteiger partial charge in [-0.1, -0.05) is 61.7 Å². The molecule has 1 nitrogen and oxygen atoms in total. The molecule has 0 aromatic heterocycles. The number of hydrogen-bond donors (Lipinski definition) is 1. The maximum atomic E-state index is 6.24. The average Bonchev–Trinajstić information content (AvgIpc) is 2.32. The first-order chi connectivity index (χ1) is 8.56. The molecule has 0 saturated heterocycles. The fourth-order valence-corrected chi connectivity index (χ4v) is 3.25. The van der Waals surface area contributed by atoms with Crippen LogP contribution in [-0.4, -0.2) is 0 Å². The van der Waals surface area contributed by atoms with Crippen LogP contribution in [0.15, 0.2) is 51.4 Å². The topological polar surface area (TPSA) is 26.0 Å². The van der Waals surface area contributed by atoms with E-state index >= 15 is 0 Å². The molecule has 0 aliphatic rings. The standard InChI is InChI=1S/C14H12Br2ClN/c15-10-3-6-12(13(16)8-10)14(18)7-9-1-4-11(17)5-2-9/h1-6,8,14H,7,18H2. The predicted octanol–water partition coefficient (Wildman–Crippen LogP) is 5.11. The van der Waals surface area contributed by atoms with Gasteiger partial charge in [0.25, 0.3) is 0 Å². The average molecular weight is 390 g/mol. The fourth-order valence-electron chi connectivity index (χ4n) is 1.79. The molecule has 2 rings (SSSR count). The molecule has 0 radical (unpaired) electrons. The van der Waals surface area contributed by atoms with E-state index in [0.717, 1.165) is 26.0 Å². The summed E-state index contributed by atoms with van der Waals surface area (Å²) in [6, 6.07) is 13.8. The second-order valence-electron chi connectivity index (χ2n) is 4.10. The monoisotopic (exact) mass is 387 g/mol. The van der Waals surface area contributed by atoms with Gasteiger partial charge in [0.15, 0.2) is 0 Å². The van der Waals surface area contributed by atoms with Crippen molar-refractivity contribution in [3.8, 4) is 0 Å². The van der Waals surface area contributed by atoms with Crippen LogP contribution in [0, 0.1) is 0 Å². The molecule has 2 aromatic carbocycles. The van der Waals surface area contributed by atoms with Crippen LogP contribution in [0.25, 0.3) is 0 Å². The molecule has 0 aliphatic carbocycles. The Hall–Kier alpha value is -0.350. The molecule has 0 amide bonds. The maximum Gasteiger partial charge on any atom is 0.0406 e. The molecule has 0 aliphatic heterocycles. The maximum absolute atomic E-state index is 6.24. The van der Waals surface area contributed by atoms with E-state index in [1.807, 2.05) is 42.5 Å². The Labute approximate surface area is 129 Å². The molecule has 94 valence electrons. The first kappa shape index (κ1) is 14.1. The van der Waals surface area contributed by atoms with Gasteiger partial charge in [-0.2, -0.15) is 0 Å². The largest absolute Gasteiger partial charge is 0.324 e. The number of hydrogen-bond acceptors (Lipinski definition) is 1. The summed E-state index contributed by atoms with van der Waals surface area (Å²) in [5.74, 6) is 0. The Balaban J connectivity index is 2.16. The predicted molar refractivity (Wildman–Crippen MR) is 83.9 cm³/mol. The van der Waals surface area contributed by atoms with Crippen LogP contribution < -0.4 is 5.73 Å². The summed E-state index contributed by atoms with van der Waals surface area (Å²) in [4.78, 5) is 0. The molecule has 0 saturated carbocycles. The minimum absolute atomic E-state index is 0.0337. The lowest BCUT2D eigenvalue weighted by Crippen LogP contribution is -2.13. The molecule has 4 heteroatoms. The molecular weight excluding hydrogens is 377 g/mol. The quantitative estimate of drug-likeness (QED) is 0.776. The zero-order chi connectivity index (χ0) is 13.1. The summed E-state index contributed by atoms with van der Waals surface area (Å²) < 4.78 is 2.06. The van der Waals surface area contributed by atoms with Crippen molar-refractivity contribution in [2.24, 2.45) is 5.73 Å². The molecule has 0 bridgehead atoms. The zero-order valence-electron chi connectivity index (χ0n) is 9.54. The first-order valence-electron chi connectivity index (χ1n) is 5.51. The number of nitrogens with two attached hydrogens (primary N) is 1. The van der Waals surface area contributed by atoms with Crippen molar-refractivity contribution >= 4 is 43.5 Å². The molecule has 0 spiro atoms. The molecule has 2 aromatic rings. The van der Waals surface area contributed by atoms with Gasteiger partial charge < -0.3 is 5.73 Å². The van der Waals surface area contributed by atoms with Gasteiger partial charge in [0.1, 0.15) is 0 Å². The van der Waals surface area contributed by atoms with Gasteiger partial charge in [0.2, 0.25) is 0 Å². The number of rotatable bonds is 3. The Morgan fingerprint density at radius 3 is 2.33 bits per heavy atom. The lowest BCUT2D eigenvalue weighted by Gasteiger charge is -2.14. The minimum Gasteiger partial charge on any atom is -0.324 e. The van der Waals surface area contributed by atoms with Crippen molar-refractivity contribution < 1.29 is 0 Å². The molecule has 1 atom stereocenters. The number of halogens is 3. The summed E-state index contributed by atoms with van der Waals surface area (Å²) in [6.07, 6.45) is 0.789. The van der Waals surface area contributed by atoms with Crippen molar-refractivity contribution in [1.29, 1.82) is 0 Å². The van der Waals surface area contributed by atoms with E-state index in [0.29, 0.717) is 0 Å². The Morgan fingerprint density at radius 2 is 1.72 bits per heavy atom. The molecular formula is C14H12Br2ClN. The van der Waals surface area contributed by atoms with Crippen LogP contribution in [0.4, 0.5) is 0 Å². The lowest BCUT2D eigenvalue weighted by atomic mass is 10.00. The van der Waals surface area contributed by atoms with Crippen molar-refractivity contribution in [2.45, 2.75) is 12.5 Å². The van der Waals surface area contributed by atoms with Gasteiger partial charge in [-0.25, -0.2) is 0 Å². The normalized spacial score (nSPS) is 12.4. The van der Waals surface area contributed by atoms with Crippen molar-refractivity contribution in [3.63, 3.8) is 0 Å².